The lowest BCUT2D eigenvalue weighted by molar-refractivity contribution is -0.00225. The van der Waals surface area contributed by atoms with Crippen LogP contribution in [0.25, 0.3) is 10.4 Å². The van der Waals surface area contributed by atoms with Gasteiger partial charge in [-0.15, -0.1) is 0 Å². The maximum absolute atomic E-state index is 12.8. The molecule has 0 spiro atoms. The Balaban J connectivity index is 0.000000182. The summed E-state index contributed by atoms with van der Waals surface area (Å²) >= 11 is 0. The molecule has 2 fully saturated rings. The number of hydrogen-bond donors (Lipinski definition) is 3. The molecule has 0 radical (unpaired) electrons. The third-order valence-corrected chi connectivity index (χ3v) is 10.4. The normalized spacial score (nSPS) is 23.1. The second kappa shape index (κ2) is 16.8. The Labute approximate surface area is 349 Å². The van der Waals surface area contributed by atoms with Gasteiger partial charge >= 0.3 is 12.2 Å². The number of piperidine rings is 2. The van der Waals surface area contributed by atoms with E-state index in [-0.39, 0.29) is 26.2 Å². The Morgan fingerprint density at radius 2 is 0.983 bits per heavy atom. The van der Waals surface area contributed by atoms with E-state index in [0.717, 1.165) is 22.7 Å². The van der Waals surface area contributed by atoms with Crippen molar-refractivity contribution in [2.75, 3.05) is 36.0 Å². The highest BCUT2D eigenvalue weighted by atomic mass is 16.6. The Bertz CT molecular complexity index is 2160. The fourth-order valence-electron chi connectivity index (χ4n) is 7.83. The van der Waals surface area contributed by atoms with Crippen LogP contribution in [0.1, 0.15) is 41.5 Å². The van der Waals surface area contributed by atoms with Crippen molar-refractivity contribution in [2.24, 2.45) is 10.8 Å². The molecule has 4 aliphatic heterocycles. The minimum Gasteiger partial charge on any atom is -0.453 e. The van der Waals surface area contributed by atoms with Crippen molar-refractivity contribution in [1.29, 1.82) is 0 Å². The van der Waals surface area contributed by atoms with E-state index in [2.05, 4.69) is 10.0 Å². The highest BCUT2D eigenvalue weighted by molar-refractivity contribution is 5.80. The van der Waals surface area contributed by atoms with E-state index in [0.29, 0.717) is 23.0 Å². The molecule has 2 saturated heterocycles. The largest absolute Gasteiger partial charge is 0.453 e. The minimum atomic E-state index is -1.01. The number of likely N-dealkylation sites (tertiary alicyclic amines) is 2. The van der Waals surface area contributed by atoms with Crippen LogP contribution in [0.2, 0.25) is 0 Å². The van der Waals surface area contributed by atoms with E-state index < -0.39 is 59.8 Å². The van der Waals surface area contributed by atoms with Crippen molar-refractivity contribution >= 4 is 34.9 Å². The lowest BCUT2D eigenvalue weighted by Crippen LogP contribution is -2.64. The molecule has 4 heterocycles. The monoisotopic (exact) mass is 820 g/mol. The molecule has 16 heteroatoms. The van der Waals surface area contributed by atoms with Crippen molar-refractivity contribution in [2.45, 2.75) is 89.1 Å². The van der Waals surface area contributed by atoms with Gasteiger partial charge in [0.05, 0.1) is 59.1 Å². The summed E-state index contributed by atoms with van der Waals surface area (Å²) in [6.45, 7) is 11.6. The zero-order valence-electron chi connectivity index (χ0n) is 34.6. The first-order valence-electron chi connectivity index (χ1n) is 19.9. The van der Waals surface area contributed by atoms with E-state index in [1.165, 1.54) is 4.90 Å². The van der Waals surface area contributed by atoms with E-state index in [1.54, 1.807) is 25.7 Å². The molecule has 0 unspecified atom stereocenters. The van der Waals surface area contributed by atoms with Gasteiger partial charge in [0, 0.05) is 31.1 Å². The Morgan fingerprint density at radius 1 is 0.633 bits per heavy atom. The first-order valence-corrected chi connectivity index (χ1v) is 19.9. The van der Waals surface area contributed by atoms with Gasteiger partial charge in [0.1, 0.15) is 11.2 Å². The summed E-state index contributed by atoms with van der Waals surface area (Å²) in [6, 6.07) is 27.9. The predicted molar refractivity (Wildman–Crippen MR) is 226 cm³/mol. The van der Waals surface area contributed by atoms with Crippen LogP contribution in [-0.2, 0) is 9.47 Å². The summed E-state index contributed by atoms with van der Waals surface area (Å²) in [4.78, 5) is 35.5. The molecule has 4 aliphatic rings. The topological polar surface area (TPSA) is 199 Å². The van der Waals surface area contributed by atoms with Crippen molar-refractivity contribution in [3.63, 3.8) is 0 Å². The smallest absolute Gasteiger partial charge is 0.410 e. The third-order valence-electron chi connectivity index (χ3n) is 10.4. The fraction of sp³-hybridized carbons (Fsp3) is 0.409. The van der Waals surface area contributed by atoms with Gasteiger partial charge in [-0.3, -0.25) is 0 Å². The van der Waals surface area contributed by atoms with Crippen molar-refractivity contribution in [3.8, 4) is 23.0 Å². The number of anilines is 4. The number of nitrogens with zero attached hydrogens (tertiary/aromatic N) is 7. The number of aliphatic hydroxyl groups is 2. The number of carbonyl (C=O) groups excluding carboxylic acids is 2. The molecule has 60 heavy (non-hydrogen) atoms. The van der Waals surface area contributed by atoms with Gasteiger partial charge in [0.2, 0.25) is 0 Å². The molecule has 0 aromatic heterocycles. The average molecular weight is 821 g/mol. The van der Waals surface area contributed by atoms with Crippen LogP contribution in [0.3, 0.4) is 0 Å². The Kier molecular flexibility index (Phi) is 11.8. The van der Waals surface area contributed by atoms with E-state index >= 15 is 0 Å². The van der Waals surface area contributed by atoms with E-state index in [4.69, 9.17) is 30.2 Å². The molecule has 0 bridgehead atoms. The summed E-state index contributed by atoms with van der Waals surface area (Å²) in [5, 5.41) is 25.9. The quantitative estimate of drug-likeness (QED) is 0.103. The van der Waals surface area contributed by atoms with Crippen molar-refractivity contribution in [3.05, 3.63) is 108 Å². The molecule has 8 rings (SSSR count). The second-order valence-corrected chi connectivity index (χ2v) is 17.1. The summed E-state index contributed by atoms with van der Waals surface area (Å²) < 4.78 is 23.2. The maximum Gasteiger partial charge on any atom is 0.410 e. The highest BCUT2D eigenvalue weighted by Gasteiger charge is 2.45. The third kappa shape index (κ3) is 8.87. The number of rotatable bonds is 3. The van der Waals surface area contributed by atoms with Crippen molar-refractivity contribution < 1.29 is 38.7 Å². The number of amides is 2. The number of carbonyl (C=O) groups is 2. The van der Waals surface area contributed by atoms with Gasteiger partial charge in [-0.25, -0.2) is 9.59 Å². The number of ether oxygens (including phenoxy) is 4. The Hall–Kier alpha value is -6.19. The van der Waals surface area contributed by atoms with Crippen LogP contribution in [0, 0.1) is 0 Å². The Morgan fingerprint density at radius 3 is 1.35 bits per heavy atom. The van der Waals surface area contributed by atoms with Gasteiger partial charge in [-0.2, -0.15) is 0 Å². The lowest BCUT2D eigenvalue weighted by Gasteiger charge is -2.47. The molecular weight excluding hydrogens is 769 g/mol. The van der Waals surface area contributed by atoms with Gasteiger partial charge in [-0.05, 0) is 95.6 Å². The molecule has 4 aromatic carbocycles. The van der Waals surface area contributed by atoms with Crippen LogP contribution in [0.15, 0.2) is 102 Å². The molecule has 2 amide bonds. The molecule has 4 aromatic rings. The summed E-state index contributed by atoms with van der Waals surface area (Å²) in [7, 11) is 0. The molecule has 6 atom stereocenters. The lowest BCUT2D eigenvalue weighted by atomic mass is 9.94. The van der Waals surface area contributed by atoms with Crippen LogP contribution >= 0.6 is 0 Å². The number of para-hydroxylation sites is 8. The van der Waals surface area contributed by atoms with E-state index in [9.17, 15) is 19.8 Å². The molecule has 16 nitrogen and oxygen atoms in total. The van der Waals surface area contributed by atoms with Crippen LogP contribution in [-0.4, -0.2) is 106 Å². The second-order valence-electron chi connectivity index (χ2n) is 17.1. The standard InChI is InChI=1S/C22H25N5O4.C22H27N3O4/c1-22(2,3)31-21(29)26-12-14(24-25-23)20(28)17(13-26)27-15-8-4-6-10-18(15)30-19-11-7-5-9-16(19)27;1-22(2,3)29-21(27)24-12-14(23)20(26)17(13-24)25-15-8-4-6-10-18(15)28-19-11-7-5-9-16(19)25/h4-11,14,17,20,28H,12-13H2,1-3H3;4-11,14,17,20,26H,12-13,23H2,1-3H3/t2*14-,17+,20+/m00/s1. The summed E-state index contributed by atoms with van der Waals surface area (Å²) in [5.41, 5.74) is 17.2. The van der Waals surface area contributed by atoms with Crippen molar-refractivity contribution in [1.82, 2.24) is 9.80 Å². The summed E-state index contributed by atoms with van der Waals surface area (Å²) in [6.07, 6.45) is -2.78. The first kappa shape index (κ1) is 42.0. The highest BCUT2D eigenvalue weighted by Crippen LogP contribution is 2.50. The molecule has 4 N–H and O–H groups in total. The first-order chi connectivity index (χ1) is 28.5. The van der Waals surface area contributed by atoms with Gasteiger partial charge in [0.25, 0.3) is 0 Å². The maximum atomic E-state index is 12.8. The number of fused-ring (bicyclic) bond motifs is 4. The number of aliphatic hydroxyl groups excluding tert-OH is 2. The van der Waals surface area contributed by atoms with Gasteiger partial charge in [0.15, 0.2) is 23.0 Å². The predicted octanol–water partition coefficient (Wildman–Crippen LogP) is 7.83. The van der Waals surface area contributed by atoms with Gasteiger partial charge < -0.3 is 54.5 Å². The number of benzene rings is 4. The number of azide groups is 1. The molecule has 0 saturated carbocycles. The summed E-state index contributed by atoms with van der Waals surface area (Å²) in [5.74, 6) is 2.67. The average Bonchev–Trinajstić information content (AvgIpc) is 3.20. The SMILES string of the molecule is CC(C)(C)OC(=O)N1C[C@@H](N2c3ccccc3Oc3ccccc32)[C@H](O)[C@@H](N)C1.CC(C)(C)OC(=O)N1C[C@H](N=[N+]=[N-])[C@@H](O)[C@H](N2c3ccccc3Oc3ccccc32)C1. The van der Waals surface area contributed by atoms with Crippen LogP contribution in [0.5, 0.6) is 23.0 Å². The number of nitrogens with two attached hydrogens (primary N) is 1. The van der Waals surface area contributed by atoms with Crippen LogP contribution < -0.4 is 25.0 Å². The fourth-order valence-corrected chi connectivity index (χ4v) is 7.83. The minimum absolute atomic E-state index is 0.0737. The zero-order chi connectivity index (χ0) is 42.9. The molecule has 0 aliphatic carbocycles. The number of hydrogen-bond acceptors (Lipinski definition) is 12. The van der Waals surface area contributed by atoms with Crippen LogP contribution in [0.4, 0.5) is 32.3 Å². The zero-order valence-corrected chi connectivity index (χ0v) is 34.6. The van der Waals surface area contributed by atoms with E-state index in [1.807, 2.05) is 128 Å². The molecular formula is C44H52N8O8. The van der Waals surface area contributed by atoms with Gasteiger partial charge in [-0.1, -0.05) is 53.6 Å². The molecule has 316 valence electrons.